The molecule has 7 nitrogen and oxygen atoms in total. The second-order valence-electron chi connectivity index (χ2n) is 6.66. The topological polar surface area (TPSA) is 88.3 Å². The molecule has 4 rings (SSSR count). The first-order valence-electron chi connectivity index (χ1n) is 9.28. The Hall–Kier alpha value is -4.14. The van der Waals surface area contributed by atoms with Crippen molar-refractivity contribution in [1.29, 1.82) is 0 Å². The molecule has 0 bridgehead atoms. The van der Waals surface area contributed by atoms with Gasteiger partial charge in [-0.2, -0.15) is 5.10 Å². The summed E-state index contributed by atoms with van der Waals surface area (Å²) in [7, 11) is 1.55. The maximum atomic E-state index is 13.3. The Kier molecular flexibility index (Phi) is 5.65. The molecular weight excluding hydrogens is 406 g/mol. The van der Waals surface area contributed by atoms with Crippen molar-refractivity contribution in [1.82, 2.24) is 10.2 Å². The summed E-state index contributed by atoms with van der Waals surface area (Å²) in [5.41, 5.74) is 1.57. The molecule has 0 fully saturated rings. The second-order valence-corrected chi connectivity index (χ2v) is 6.66. The van der Waals surface area contributed by atoms with Gasteiger partial charge in [0.05, 0.1) is 12.6 Å². The number of carbonyl (C=O) groups excluding carboxylic acids is 1. The van der Waals surface area contributed by atoms with Crippen molar-refractivity contribution in [3.63, 3.8) is 0 Å². The number of fused-ring (bicyclic) bond motifs is 1. The van der Waals surface area contributed by atoms with Crippen LogP contribution < -0.4 is 20.1 Å². The fourth-order valence-corrected chi connectivity index (χ4v) is 3.02. The molecule has 0 spiro atoms. The molecule has 0 radical (unpaired) electrons. The zero-order valence-corrected chi connectivity index (χ0v) is 16.4. The number of urea groups is 1. The predicted molar refractivity (Wildman–Crippen MR) is 112 cm³/mol. The van der Waals surface area contributed by atoms with E-state index in [1.165, 1.54) is 12.1 Å². The van der Waals surface area contributed by atoms with Gasteiger partial charge < -0.3 is 14.8 Å². The number of aromatic nitrogens is 2. The number of methoxy groups -OCH3 is 1. The van der Waals surface area contributed by atoms with E-state index in [1.54, 1.807) is 49.6 Å². The van der Waals surface area contributed by atoms with E-state index in [0.717, 1.165) is 6.07 Å². The van der Waals surface area contributed by atoms with Crippen molar-refractivity contribution < 1.29 is 23.0 Å². The van der Waals surface area contributed by atoms with Gasteiger partial charge in [0.2, 0.25) is 0 Å². The van der Waals surface area contributed by atoms with Crippen LogP contribution in [0.5, 0.6) is 11.5 Å². The molecule has 1 heterocycles. The van der Waals surface area contributed by atoms with E-state index in [1.807, 2.05) is 0 Å². The van der Waals surface area contributed by atoms with Gasteiger partial charge in [0, 0.05) is 29.3 Å². The molecule has 0 atom stereocenters. The normalized spacial score (nSPS) is 10.7. The molecule has 0 saturated carbocycles. The lowest BCUT2D eigenvalue weighted by Gasteiger charge is -2.08. The first-order chi connectivity index (χ1) is 15.0. The van der Waals surface area contributed by atoms with Crippen LogP contribution in [0.4, 0.5) is 25.1 Å². The van der Waals surface area contributed by atoms with Gasteiger partial charge in [0.25, 0.3) is 0 Å². The highest BCUT2D eigenvalue weighted by atomic mass is 19.1. The fourth-order valence-electron chi connectivity index (χ4n) is 3.02. The van der Waals surface area contributed by atoms with E-state index >= 15 is 0 Å². The predicted octanol–water partition coefficient (Wildman–Crippen LogP) is 5.07. The number of benzene rings is 3. The van der Waals surface area contributed by atoms with Crippen LogP contribution >= 0.6 is 0 Å². The smallest absolute Gasteiger partial charge is 0.324 e. The highest BCUT2D eigenvalue weighted by Gasteiger charge is 2.11. The summed E-state index contributed by atoms with van der Waals surface area (Å²) in [5, 5.41) is 13.0. The number of amides is 2. The summed E-state index contributed by atoms with van der Waals surface area (Å²) in [6.07, 6.45) is 0. The van der Waals surface area contributed by atoms with Gasteiger partial charge in [0.1, 0.15) is 29.7 Å². The molecule has 0 aliphatic rings. The van der Waals surface area contributed by atoms with Gasteiger partial charge in [-0.05, 0) is 42.0 Å². The molecule has 4 aromatic rings. The average Bonchev–Trinajstić information content (AvgIpc) is 3.13. The number of nitrogens with one attached hydrogen (secondary N) is 3. The number of nitrogens with zero attached hydrogens (tertiary/aromatic N) is 1. The highest BCUT2D eigenvalue weighted by Crippen LogP contribution is 2.26. The minimum Gasteiger partial charge on any atom is -0.497 e. The Morgan fingerprint density at radius 3 is 2.58 bits per heavy atom. The maximum Gasteiger partial charge on any atom is 0.324 e. The van der Waals surface area contributed by atoms with Crippen molar-refractivity contribution >= 4 is 28.4 Å². The number of hydrogen-bond acceptors (Lipinski definition) is 4. The summed E-state index contributed by atoms with van der Waals surface area (Å²) in [6, 6.07) is 14.8. The maximum absolute atomic E-state index is 13.3. The highest BCUT2D eigenvalue weighted by molar-refractivity contribution is 6.04. The molecule has 0 saturated heterocycles. The number of halogens is 2. The molecular formula is C22H18F2N4O3. The molecule has 0 aliphatic heterocycles. The number of aromatic amines is 1. The van der Waals surface area contributed by atoms with Crippen LogP contribution in [0, 0.1) is 11.6 Å². The Balaban J connectivity index is 1.42. The Morgan fingerprint density at radius 1 is 1.00 bits per heavy atom. The Morgan fingerprint density at radius 2 is 1.81 bits per heavy atom. The zero-order chi connectivity index (χ0) is 21.8. The third-order valence-corrected chi connectivity index (χ3v) is 4.42. The van der Waals surface area contributed by atoms with Gasteiger partial charge in [-0.25, -0.2) is 13.6 Å². The number of hydrogen-bond donors (Lipinski definition) is 3. The molecule has 0 unspecified atom stereocenters. The van der Waals surface area contributed by atoms with Crippen molar-refractivity contribution in [3.05, 3.63) is 77.9 Å². The van der Waals surface area contributed by atoms with Gasteiger partial charge in [-0.3, -0.25) is 10.4 Å². The molecule has 1 aromatic heterocycles. The SMILES string of the molecule is COc1cccc(NC(=O)Nc2n[nH]c3cc(OCc4cc(F)cc(F)c4)ccc23)c1. The summed E-state index contributed by atoms with van der Waals surface area (Å²) in [6.45, 7) is 0.00236. The van der Waals surface area contributed by atoms with E-state index in [4.69, 9.17) is 9.47 Å². The Labute approximate surface area is 176 Å². The monoisotopic (exact) mass is 424 g/mol. The van der Waals surface area contributed by atoms with Crippen molar-refractivity contribution in [2.24, 2.45) is 0 Å². The lowest BCUT2D eigenvalue weighted by atomic mass is 10.2. The zero-order valence-electron chi connectivity index (χ0n) is 16.4. The quantitative estimate of drug-likeness (QED) is 0.403. The van der Waals surface area contributed by atoms with Crippen LogP contribution in [-0.2, 0) is 6.61 Å². The second kappa shape index (κ2) is 8.70. The summed E-state index contributed by atoms with van der Waals surface area (Å²) in [4.78, 5) is 12.3. The van der Waals surface area contributed by atoms with Crippen LogP contribution in [0.1, 0.15) is 5.56 Å². The van der Waals surface area contributed by atoms with Gasteiger partial charge >= 0.3 is 6.03 Å². The van der Waals surface area contributed by atoms with Crippen molar-refractivity contribution in [2.45, 2.75) is 6.61 Å². The fraction of sp³-hybridized carbons (Fsp3) is 0.0909. The van der Waals surface area contributed by atoms with E-state index in [9.17, 15) is 13.6 Å². The molecule has 0 aliphatic carbocycles. The third kappa shape index (κ3) is 4.89. The molecule has 2 amide bonds. The summed E-state index contributed by atoms with van der Waals surface area (Å²) in [5.74, 6) is 0.120. The van der Waals surface area contributed by atoms with Crippen LogP contribution in [-0.4, -0.2) is 23.3 Å². The van der Waals surface area contributed by atoms with Gasteiger partial charge in [-0.1, -0.05) is 6.07 Å². The third-order valence-electron chi connectivity index (χ3n) is 4.42. The first kappa shape index (κ1) is 20.1. The number of rotatable bonds is 6. The van der Waals surface area contributed by atoms with E-state index in [-0.39, 0.29) is 6.61 Å². The summed E-state index contributed by atoms with van der Waals surface area (Å²) >= 11 is 0. The van der Waals surface area contributed by atoms with Crippen LogP contribution in [0.15, 0.2) is 60.7 Å². The van der Waals surface area contributed by atoms with Crippen LogP contribution in [0.3, 0.4) is 0 Å². The lowest BCUT2D eigenvalue weighted by molar-refractivity contribution is 0.262. The van der Waals surface area contributed by atoms with Gasteiger partial charge in [-0.15, -0.1) is 0 Å². The summed E-state index contributed by atoms with van der Waals surface area (Å²) < 4.78 is 37.3. The average molecular weight is 424 g/mol. The minimum atomic E-state index is -0.662. The first-order valence-corrected chi connectivity index (χ1v) is 9.28. The largest absolute Gasteiger partial charge is 0.497 e. The van der Waals surface area contributed by atoms with Crippen LogP contribution in [0.25, 0.3) is 10.9 Å². The van der Waals surface area contributed by atoms with Gasteiger partial charge in [0.15, 0.2) is 5.82 Å². The molecule has 3 aromatic carbocycles. The van der Waals surface area contributed by atoms with Crippen molar-refractivity contribution in [2.75, 3.05) is 17.7 Å². The van der Waals surface area contributed by atoms with E-state index in [2.05, 4.69) is 20.8 Å². The van der Waals surface area contributed by atoms with E-state index in [0.29, 0.717) is 39.5 Å². The standard InChI is InChI=1S/C22H18F2N4O3/c1-30-17-4-2-3-16(10-17)25-22(29)26-21-19-6-5-18(11-20(19)27-28-21)31-12-13-7-14(23)9-15(24)8-13/h2-11H,12H2,1H3,(H3,25,26,27,28,29). The van der Waals surface area contributed by atoms with E-state index < -0.39 is 17.7 Å². The van der Waals surface area contributed by atoms with Crippen molar-refractivity contribution in [3.8, 4) is 11.5 Å². The number of anilines is 2. The Bertz CT molecular complexity index is 1220. The number of H-pyrrole nitrogens is 1. The lowest BCUT2D eigenvalue weighted by Crippen LogP contribution is -2.19. The van der Waals surface area contributed by atoms with Crippen LogP contribution in [0.2, 0.25) is 0 Å². The molecule has 3 N–H and O–H groups in total. The molecule has 9 heteroatoms. The minimum absolute atomic E-state index is 0.00236. The number of carbonyl (C=O) groups is 1. The molecule has 31 heavy (non-hydrogen) atoms. The number of ether oxygens (including phenoxy) is 2. The molecule has 158 valence electrons.